The van der Waals surface area contributed by atoms with Crippen molar-refractivity contribution in [3.8, 4) is 0 Å². The van der Waals surface area contributed by atoms with E-state index in [0.29, 0.717) is 12.6 Å². The predicted molar refractivity (Wildman–Crippen MR) is 121 cm³/mol. The van der Waals surface area contributed by atoms with Crippen molar-refractivity contribution in [3.63, 3.8) is 0 Å². The Morgan fingerprint density at radius 2 is 2.13 bits per heavy atom. The molecule has 1 atom stereocenters. The minimum Gasteiger partial charge on any atom is -0.389 e. The molecule has 1 aliphatic heterocycles. The maximum atomic E-state index is 10.1. The Morgan fingerprint density at radius 3 is 2.87 bits per heavy atom. The molecule has 7 nitrogen and oxygen atoms in total. The first-order chi connectivity index (χ1) is 14.3. The Labute approximate surface area is 178 Å². The van der Waals surface area contributed by atoms with Gasteiger partial charge in [-0.3, -0.25) is 4.68 Å². The highest BCUT2D eigenvalue weighted by Crippen LogP contribution is 2.32. The van der Waals surface area contributed by atoms with Crippen LogP contribution in [0.1, 0.15) is 38.6 Å². The normalized spacial score (nSPS) is 16.8. The summed E-state index contributed by atoms with van der Waals surface area (Å²) in [6.45, 7) is 9.10. The highest BCUT2D eigenvalue weighted by molar-refractivity contribution is 5.86. The van der Waals surface area contributed by atoms with Crippen LogP contribution in [0.4, 0.5) is 5.69 Å². The Hall–Kier alpha value is -2.38. The maximum absolute atomic E-state index is 10.1. The third kappa shape index (κ3) is 4.68. The number of fused-ring (bicyclic) bond motifs is 3. The topological polar surface area (TPSA) is 71.1 Å². The first-order valence-electron chi connectivity index (χ1n) is 11.0. The summed E-state index contributed by atoms with van der Waals surface area (Å²) in [7, 11) is 2.06. The van der Waals surface area contributed by atoms with Crippen LogP contribution in [0.3, 0.4) is 0 Å². The first-order valence-corrected chi connectivity index (χ1v) is 11.0. The monoisotopic (exact) mass is 410 g/mol. The molecule has 0 aliphatic carbocycles. The van der Waals surface area contributed by atoms with Crippen LogP contribution >= 0.6 is 0 Å². The zero-order valence-corrected chi connectivity index (χ0v) is 18.6. The standard InChI is InChI=1S/C23H34N6O/c1-17-6-7-18-19(25-17)8-9-20-22(18)26-21(10-13-28-12-5-11-24-28)29(20)15-14-27(4)16-23(2,3)30/h5,8-9,11-12,17,25,30H,6-7,10,13-16H2,1-4H3/t17-/m0/s1. The molecule has 7 heteroatoms. The average molecular weight is 411 g/mol. The molecule has 3 aromatic rings. The molecule has 0 saturated heterocycles. The van der Waals surface area contributed by atoms with Crippen LogP contribution in [0, 0.1) is 0 Å². The highest BCUT2D eigenvalue weighted by Gasteiger charge is 2.22. The molecular weight excluding hydrogens is 376 g/mol. The first kappa shape index (κ1) is 20.9. The third-order valence-electron chi connectivity index (χ3n) is 5.82. The lowest BCUT2D eigenvalue weighted by molar-refractivity contribution is 0.0437. The summed E-state index contributed by atoms with van der Waals surface area (Å²) >= 11 is 0. The van der Waals surface area contributed by atoms with Crippen LogP contribution in [-0.2, 0) is 25.9 Å². The van der Waals surface area contributed by atoms with E-state index in [1.807, 2.05) is 37.0 Å². The smallest absolute Gasteiger partial charge is 0.111 e. The predicted octanol–water partition coefficient (Wildman–Crippen LogP) is 2.92. The summed E-state index contributed by atoms with van der Waals surface area (Å²) in [5.41, 5.74) is 4.21. The van der Waals surface area contributed by atoms with E-state index >= 15 is 0 Å². The fraction of sp³-hybridized carbons (Fsp3) is 0.565. The molecule has 0 fully saturated rings. The zero-order valence-electron chi connectivity index (χ0n) is 18.6. The van der Waals surface area contributed by atoms with Gasteiger partial charge >= 0.3 is 0 Å². The molecule has 0 saturated carbocycles. The molecule has 2 aromatic heterocycles. The molecule has 1 aliphatic rings. The number of aliphatic hydroxyl groups is 1. The molecule has 4 rings (SSSR count). The van der Waals surface area contributed by atoms with E-state index in [0.717, 1.165) is 50.2 Å². The third-order valence-corrected chi connectivity index (χ3v) is 5.82. The number of imidazole rings is 1. The van der Waals surface area contributed by atoms with Gasteiger partial charge in [-0.1, -0.05) is 0 Å². The van der Waals surface area contributed by atoms with Crippen LogP contribution in [-0.4, -0.2) is 61.1 Å². The summed E-state index contributed by atoms with van der Waals surface area (Å²) in [5, 5.41) is 18.1. The van der Waals surface area contributed by atoms with Gasteiger partial charge in [0.2, 0.25) is 0 Å². The van der Waals surface area contributed by atoms with Gasteiger partial charge < -0.3 is 19.9 Å². The number of nitrogens with one attached hydrogen (secondary N) is 1. The second-order valence-electron chi connectivity index (χ2n) is 9.29. The van der Waals surface area contributed by atoms with Crippen molar-refractivity contribution in [2.45, 2.75) is 64.8 Å². The molecular formula is C23H34N6O. The van der Waals surface area contributed by atoms with Gasteiger partial charge in [0.25, 0.3) is 0 Å². The molecule has 1 aromatic carbocycles. The van der Waals surface area contributed by atoms with Gasteiger partial charge in [0.15, 0.2) is 0 Å². The summed E-state index contributed by atoms with van der Waals surface area (Å²) in [6.07, 6.45) is 6.85. The number of nitrogens with zero attached hydrogens (tertiary/aromatic N) is 5. The summed E-state index contributed by atoms with van der Waals surface area (Å²) in [6, 6.07) is 6.88. The van der Waals surface area contributed by atoms with Crippen LogP contribution in [0.15, 0.2) is 30.6 Å². The number of hydrogen-bond donors (Lipinski definition) is 2. The van der Waals surface area contributed by atoms with Crippen molar-refractivity contribution >= 4 is 16.7 Å². The molecule has 0 radical (unpaired) electrons. The summed E-state index contributed by atoms with van der Waals surface area (Å²) in [5.74, 6) is 1.10. The van der Waals surface area contributed by atoms with Crippen molar-refractivity contribution in [3.05, 3.63) is 42.0 Å². The van der Waals surface area contributed by atoms with Crippen molar-refractivity contribution < 1.29 is 5.11 Å². The van der Waals surface area contributed by atoms with Gasteiger partial charge in [-0.05, 0) is 58.9 Å². The molecule has 2 N–H and O–H groups in total. The number of hydrogen-bond acceptors (Lipinski definition) is 5. The fourth-order valence-corrected chi connectivity index (χ4v) is 4.48. The lowest BCUT2D eigenvalue weighted by Crippen LogP contribution is -2.37. The number of anilines is 1. The van der Waals surface area contributed by atoms with Crippen LogP contribution in [0.2, 0.25) is 0 Å². The van der Waals surface area contributed by atoms with Crippen molar-refractivity contribution in [1.29, 1.82) is 0 Å². The number of aryl methyl sites for hydroxylation is 3. The SMILES string of the molecule is C[C@H]1CCc2c(ccc3c2nc(CCn2cccn2)n3CCN(C)CC(C)(C)O)N1. The minimum atomic E-state index is -0.698. The van der Waals surface area contributed by atoms with Gasteiger partial charge in [-0.25, -0.2) is 4.98 Å². The van der Waals surface area contributed by atoms with Crippen LogP contribution < -0.4 is 5.32 Å². The van der Waals surface area contributed by atoms with E-state index < -0.39 is 5.60 Å². The quantitative estimate of drug-likeness (QED) is 0.597. The Morgan fingerprint density at radius 1 is 1.30 bits per heavy atom. The number of benzene rings is 1. The van der Waals surface area contributed by atoms with Crippen LogP contribution in [0.25, 0.3) is 11.0 Å². The lowest BCUT2D eigenvalue weighted by atomic mass is 9.98. The minimum absolute atomic E-state index is 0.506. The molecule has 0 amide bonds. The molecule has 0 unspecified atom stereocenters. The van der Waals surface area contributed by atoms with E-state index in [1.165, 1.54) is 16.8 Å². The fourth-order valence-electron chi connectivity index (χ4n) is 4.48. The Bertz CT molecular complexity index is 985. The van der Waals surface area contributed by atoms with Gasteiger partial charge in [-0.15, -0.1) is 0 Å². The second-order valence-corrected chi connectivity index (χ2v) is 9.29. The van der Waals surface area contributed by atoms with Crippen molar-refractivity contribution in [1.82, 2.24) is 24.2 Å². The molecule has 30 heavy (non-hydrogen) atoms. The van der Waals surface area contributed by atoms with E-state index in [1.54, 1.807) is 0 Å². The Balaban J connectivity index is 1.63. The molecule has 0 bridgehead atoms. The van der Waals surface area contributed by atoms with Crippen LogP contribution in [0.5, 0.6) is 0 Å². The van der Waals surface area contributed by atoms with Gasteiger partial charge in [0.05, 0.1) is 16.6 Å². The van der Waals surface area contributed by atoms with E-state index in [9.17, 15) is 5.11 Å². The van der Waals surface area contributed by atoms with Gasteiger partial charge in [0, 0.05) is 62.3 Å². The lowest BCUT2D eigenvalue weighted by Gasteiger charge is -2.26. The maximum Gasteiger partial charge on any atom is 0.111 e. The highest BCUT2D eigenvalue weighted by atomic mass is 16.3. The van der Waals surface area contributed by atoms with E-state index in [-0.39, 0.29) is 0 Å². The van der Waals surface area contributed by atoms with Gasteiger partial charge in [0.1, 0.15) is 5.82 Å². The van der Waals surface area contributed by atoms with Gasteiger partial charge in [-0.2, -0.15) is 5.10 Å². The number of likely N-dealkylation sites (N-methyl/N-ethyl adjacent to an activating group) is 1. The van der Waals surface area contributed by atoms with E-state index in [4.69, 9.17) is 4.98 Å². The molecule has 162 valence electrons. The number of rotatable bonds is 8. The number of aromatic nitrogens is 4. The van der Waals surface area contributed by atoms with E-state index in [2.05, 4.69) is 46.0 Å². The van der Waals surface area contributed by atoms with Crippen molar-refractivity contribution in [2.24, 2.45) is 0 Å². The van der Waals surface area contributed by atoms with Crippen molar-refractivity contribution in [2.75, 3.05) is 25.5 Å². The molecule has 3 heterocycles. The average Bonchev–Trinajstić information content (AvgIpc) is 3.30. The largest absolute Gasteiger partial charge is 0.389 e. The Kier molecular flexibility index (Phi) is 5.84. The molecule has 0 spiro atoms. The summed E-state index contributed by atoms with van der Waals surface area (Å²) < 4.78 is 4.32. The second kappa shape index (κ2) is 8.40. The summed E-state index contributed by atoms with van der Waals surface area (Å²) in [4.78, 5) is 7.30. The zero-order chi connectivity index (χ0) is 21.3.